The number of allylic oxidation sites excluding steroid dienone is 2. The Morgan fingerprint density at radius 1 is 1.19 bits per heavy atom. The van der Waals surface area contributed by atoms with Crippen LogP contribution in [-0.4, -0.2) is 85.3 Å². The summed E-state index contributed by atoms with van der Waals surface area (Å²) in [5, 5.41) is 22.7. The molecule has 11 nitrogen and oxygen atoms in total. The lowest BCUT2D eigenvalue weighted by Crippen LogP contribution is -2.57. The number of carbonyl (C=O) groups is 3. The highest BCUT2D eigenvalue weighted by Gasteiger charge is 2.47. The summed E-state index contributed by atoms with van der Waals surface area (Å²) >= 11 is 3.08. The largest absolute Gasteiger partial charge is 0.480 e. The minimum atomic E-state index is -3.56. The summed E-state index contributed by atoms with van der Waals surface area (Å²) in [5.41, 5.74) is -1.09. The molecule has 3 N–H and O–H groups in total. The number of aliphatic hydroxyl groups is 1. The third kappa shape index (κ3) is 7.58. The molecule has 1 aromatic carbocycles. The summed E-state index contributed by atoms with van der Waals surface area (Å²) in [4.78, 5) is 48.2. The second-order valence-electron chi connectivity index (χ2n) is 11.8. The number of nitrogens with zero attached hydrogens (tertiary/aromatic N) is 3. The van der Waals surface area contributed by atoms with Gasteiger partial charge in [0.15, 0.2) is 5.69 Å². The van der Waals surface area contributed by atoms with Crippen molar-refractivity contribution < 1.29 is 42.9 Å². The molecule has 0 bridgehead atoms. The van der Waals surface area contributed by atoms with Gasteiger partial charge in [0, 0.05) is 11.8 Å². The van der Waals surface area contributed by atoms with Crippen LogP contribution in [0.4, 0.5) is 13.6 Å². The van der Waals surface area contributed by atoms with E-state index in [0.29, 0.717) is 30.9 Å². The van der Waals surface area contributed by atoms with E-state index in [9.17, 15) is 24.6 Å². The van der Waals surface area contributed by atoms with Crippen molar-refractivity contribution in [3.8, 4) is 5.88 Å². The fourth-order valence-electron chi connectivity index (χ4n) is 5.22. The van der Waals surface area contributed by atoms with Crippen molar-refractivity contribution in [2.24, 2.45) is 5.41 Å². The zero-order valence-corrected chi connectivity index (χ0v) is 25.6. The minimum absolute atomic E-state index is 0.178. The number of halogens is 3. The first-order valence-corrected chi connectivity index (χ1v) is 15.1. The predicted octanol–water partition coefficient (Wildman–Crippen LogP) is 4.16. The number of aliphatic hydroxyl groups excluding tert-OH is 1. The number of carboxylic acids is 1. The van der Waals surface area contributed by atoms with Crippen LogP contribution in [-0.2, 0) is 20.2 Å². The van der Waals surface area contributed by atoms with Crippen molar-refractivity contribution >= 4 is 44.9 Å². The van der Waals surface area contributed by atoms with Gasteiger partial charge in [0.1, 0.15) is 24.3 Å². The van der Waals surface area contributed by atoms with Gasteiger partial charge in [-0.15, -0.1) is 0 Å². The minimum Gasteiger partial charge on any atom is -0.480 e. The summed E-state index contributed by atoms with van der Waals surface area (Å²) in [6.07, 6.45) is -0.0810. The number of carboxylic acid groups (broad SMARTS) is 1. The van der Waals surface area contributed by atoms with Crippen LogP contribution in [0.3, 0.4) is 0 Å². The average Bonchev–Trinajstić information content (AvgIpc) is 3.55. The lowest BCUT2D eigenvalue weighted by Gasteiger charge is -2.34. The van der Waals surface area contributed by atoms with Crippen LogP contribution >= 0.6 is 15.9 Å². The van der Waals surface area contributed by atoms with Gasteiger partial charge in [0.25, 0.3) is 0 Å². The molecule has 14 heteroatoms. The third-order valence-electron chi connectivity index (χ3n) is 7.43. The van der Waals surface area contributed by atoms with Crippen molar-refractivity contribution in [3.63, 3.8) is 0 Å². The van der Waals surface area contributed by atoms with Crippen molar-refractivity contribution in [3.05, 3.63) is 42.1 Å². The maximum atomic E-state index is 15.2. The Morgan fingerprint density at radius 3 is 2.44 bits per heavy atom. The molecule has 43 heavy (non-hydrogen) atoms. The van der Waals surface area contributed by atoms with Crippen LogP contribution in [0.1, 0.15) is 52.1 Å². The molecule has 2 heterocycles. The number of carbonyl (C=O) groups excluding carboxylic acids is 2. The Labute approximate surface area is 255 Å². The van der Waals surface area contributed by atoms with Gasteiger partial charge in [-0.2, -0.15) is 8.78 Å². The second kappa shape index (κ2) is 13.1. The summed E-state index contributed by atoms with van der Waals surface area (Å²) in [5.74, 6) is -6.06. The third-order valence-corrected chi connectivity index (χ3v) is 7.80. The highest BCUT2D eigenvalue weighted by Crippen LogP contribution is 2.37. The van der Waals surface area contributed by atoms with E-state index in [1.54, 1.807) is 39.0 Å². The molecular formula is C29H35BrF2N4O7. The monoisotopic (exact) mass is 668 g/mol. The standard InChI is InChI=1S/C29H35BrF2N4O7/c1-28(2,3)23(35-27(41)43-21-11-6-10-20(21)37)25(38)36-15-16(14-19(36)26(39)40)42-24-22(29(31,32)12-7-13-30)33-17-8-4-5-9-18(17)34-24/h4-5,7-9,12,16,19-21,23,37H,6,10-11,13-15H2,1-3H3,(H,35,41)(H,39,40)/b12-7+/t16-,19+,20-,21-,23-/m1/s1. The quantitative estimate of drug-likeness (QED) is 0.264. The fourth-order valence-corrected chi connectivity index (χ4v) is 5.41. The van der Waals surface area contributed by atoms with E-state index < -0.39 is 71.3 Å². The second-order valence-corrected chi connectivity index (χ2v) is 12.4. The van der Waals surface area contributed by atoms with Crippen molar-refractivity contribution in [2.75, 3.05) is 11.9 Å². The normalized spacial score (nSPS) is 23.5. The molecule has 1 aliphatic heterocycles. The molecule has 1 saturated carbocycles. The zero-order valence-electron chi connectivity index (χ0n) is 24.0. The van der Waals surface area contributed by atoms with Crippen LogP contribution < -0.4 is 10.1 Å². The number of benzene rings is 1. The van der Waals surface area contributed by atoms with Crippen LogP contribution in [0.5, 0.6) is 5.88 Å². The SMILES string of the molecule is CC(C)(C)[C@H](NC(=O)O[C@@H]1CCC[C@H]1O)C(=O)N1C[C@H](Oc2nc3ccccc3nc2C(F)(F)/C=C/CBr)C[C@H]1C(=O)O. The van der Waals surface area contributed by atoms with Gasteiger partial charge in [-0.1, -0.05) is 54.9 Å². The number of hydrogen-bond donors (Lipinski definition) is 3. The van der Waals surface area contributed by atoms with Gasteiger partial charge >= 0.3 is 18.0 Å². The lowest BCUT2D eigenvalue weighted by molar-refractivity contribution is -0.150. The lowest BCUT2D eigenvalue weighted by atomic mass is 9.85. The molecular weight excluding hydrogens is 634 g/mol. The molecule has 1 aromatic heterocycles. The zero-order chi connectivity index (χ0) is 31.5. The number of hydrogen-bond acceptors (Lipinski definition) is 8. The molecule has 1 saturated heterocycles. The number of aliphatic carboxylic acids is 1. The van der Waals surface area contributed by atoms with Crippen molar-refractivity contribution in [1.82, 2.24) is 20.2 Å². The number of rotatable bonds is 9. The number of ether oxygens (including phenoxy) is 2. The summed E-state index contributed by atoms with van der Waals surface area (Å²) in [7, 11) is 0. The number of likely N-dealkylation sites (tertiary alicyclic amines) is 1. The Kier molecular flexibility index (Phi) is 9.90. The van der Waals surface area contributed by atoms with Crippen LogP contribution in [0.15, 0.2) is 36.4 Å². The van der Waals surface area contributed by atoms with Crippen LogP contribution in [0.25, 0.3) is 11.0 Å². The molecule has 2 amide bonds. The van der Waals surface area contributed by atoms with E-state index in [1.165, 1.54) is 12.1 Å². The Morgan fingerprint density at radius 2 is 1.86 bits per heavy atom. The van der Waals surface area contributed by atoms with Gasteiger partial charge in [0.2, 0.25) is 11.8 Å². The van der Waals surface area contributed by atoms with Gasteiger partial charge in [0.05, 0.1) is 23.7 Å². The van der Waals surface area contributed by atoms with Gasteiger partial charge in [-0.3, -0.25) is 4.79 Å². The van der Waals surface area contributed by atoms with Gasteiger partial charge in [-0.05, 0) is 42.9 Å². The molecule has 1 aliphatic carbocycles. The van der Waals surface area contributed by atoms with Crippen LogP contribution in [0, 0.1) is 5.41 Å². The summed E-state index contributed by atoms with van der Waals surface area (Å²) < 4.78 is 41.7. The molecule has 0 radical (unpaired) electrons. The van der Waals surface area contributed by atoms with E-state index in [-0.39, 0.29) is 23.8 Å². The molecule has 234 valence electrons. The van der Waals surface area contributed by atoms with Crippen molar-refractivity contribution in [2.45, 2.75) is 82.8 Å². The van der Waals surface area contributed by atoms with Crippen molar-refractivity contribution in [1.29, 1.82) is 0 Å². The van der Waals surface area contributed by atoms with E-state index in [1.807, 2.05) is 0 Å². The highest BCUT2D eigenvalue weighted by atomic mass is 79.9. The predicted molar refractivity (Wildman–Crippen MR) is 155 cm³/mol. The van der Waals surface area contributed by atoms with Gasteiger partial charge in [-0.25, -0.2) is 19.6 Å². The first kappa shape index (κ1) is 32.5. The average molecular weight is 670 g/mol. The molecule has 2 aromatic rings. The first-order valence-electron chi connectivity index (χ1n) is 13.9. The van der Waals surface area contributed by atoms with E-state index in [2.05, 4.69) is 31.2 Å². The van der Waals surface area contributed by atoms with Gasteiger partial charge < -0.3 is 29.9 Å². The Bertz CT molecular complexity index is 1390. The summed E-state index contributed by atoms with van der Waals surface area (Å²) in [6.45, 7) is 4.82. The molecule has 2 aliphatic rings. The van der Waals surface area contributed by atoms with E-state index >= 15 is 8.78 Å². The number of amides is 2. The molecule has 0 spiro atoms. The molecule has 2 fully saturated rings. The maximum absolute atomic E-state index is 15.2. The maximum Gasteiger partial charge on any atom is 0.408 e. The van der Waals surface area contributed by atoms with Crippen LogP contribution in [0.2, 0.25) is 0 Å². The Balaban J connectivity index is 1.59. The van der Waals surface area contributed by atoms with E-state index in [0.717, 1.165) is 4.90 Å². The number of alkyl halides is 3. The highest BCUT2D eigenvalue weighted by molar-refractivity contribution is 9.09. The Hall–Kier alpha value is -3.39. The fraction of sp³-hybridized carbons (Fsp3) is 0.552. The number of nitrogens with one attached hydrogen (secondary N) is 1. The molecule has 4 rings (SSSR count). The molecule has 5 atom stereocenters. The van der Waals surface area contributed by atoms with E-state index in [4.69, 9.17) is 9.47 Å². The molecule has 0 unspecified atom stereocenters. The smallest absolute Gasteiger partial charge is 0.408 e. The number of aromatic nitrogens is 2. The number of para-hydroxylation sites is 2. The topological polar surface area (TPSA) is 151 Å². The first-order chi connectivity index (χ1) is 20.2. The summed E-state index contributed by atoms with van der Waals surface area (Å²) in [6, 6.07) is 3.86. The number of alkyl carbamates (subject to hydrolysis) is 1. The number of fused-ring (bicyclic) bond motifs is 1.